The van der Waals surface area contributed by atoms with E-state index in [9.17, 15) is 13.2 Å². The molecule has 0 atom stereocenters. The number of carbonyl (C=O) groups is 1. The van der Waals surface area contributed by atoms with Gasteiger partial charge in [0.05, 0.1) is 6.61 Å². The second-order valence-electron chi connectivity index (χ2n) is 6.41. The number of aryl methyl sites for hydroxylation is 1. The number of ether oxygens (including phenoxy) is 1. The molecule has 0 bridgehead atoms. The fraction of sp³-hybridized carbons (Fsp3) is 0.389. The first-order valence-electron chi connectivity index (χ1n) is 8.32. The Kier molecular flexibility index (Phi) is 6.44. The minimum atomic E-state index is -3.58. The topological polar surface area (TPSA) is 89.4 Å². The van der Waals surface area contributed by atoms with E-state index in [2.05, 4.69) is 23.9 Å². The summed E-state index contributed by atoms with van der Waals surface area (Å²) in [5.74, 6) is 0.902. The zero-order valence-corrected chi connectivity index (χ0v) is 16.3. The number of amides is 1. The van der Waals surface area contributed by atoms with E-state index < -0.39 is 10.0 Å². The number of hydrogen-bond acceptors (Lipinski definition) is 4. The quantitative estimate of drug-likeness (QED) is 0.733. The summed E-state index contributed by atoms with van der Waals surface area (Å²) in [7, 11) is -0.622. The molecule has 1 aromatic carbocycles. The number of aromatic nitrogens is 1. The van der Waals surface area contributed by atoms with Gasteiger partial charge >= 0.3 is 0 Å². The van der Waals surface area contributed by atoms with Crippen LogP contribution in [-0.2, 0) is 23.6 Å². The van der Waals surface area contributed by atoms with Gasteiger partial charge in [0.1, 0.15) is 16.3 Å². The average molecular weight is 379 g/mol. The molecule has 8 heteroatoms. The third-order valence-corrected chi connectivity index (χ3v) is 5.13. The van der Waals surface area contributed by atoms with E-state index in [0.717, 1.165) is 11.3 Å². The number of rotatable bonds is 8. The summed E-state index contributed by atoms with van der Waals surface area (Å²) in [5, 5.41) is 2.79. The Morgan fingerprint density at radius 2 is 1.88 bits per heavy atom. The minimum Gasteiger partial charge on any atom is -0.493 e. The van der Waals surface area contributed by atoms with Gasteiger partial charge < -0.3 is 14.6 Å². The molecule has 0 fully saturated rings. The van der Waals surface area contributed by atoms with Crippen LogP contribution in [0, 0.1) is 5.92 Å². The summed E-state index contributed by atoms with van der Waals surface area (Å²) in [4.78, 5) is 12.4. The first-order chi connectivity index (χ1) is 12.2. The van der Waals surface area contributed by atoms with Crippen LogP contribution in [0.5, 0.6) is 5.75 Å². The third kappa shape index (κ3) is 5.09. The molecule has 26 heavy (non-hydrogen) atoms. The van der Waals surface area contributed by atoms with Crippen molar-refractivity contribution in [2.75, 3.05) is 13.7 Å². The van der Waals surface area contributed by atoms with Crippen LogP contribution in [-0.4, -0.2) is 32.5 Å². The molecule has 0 aliphatic rings. The highest BCUT2D eigenvalue weighted by Crippen LogP contribution is 2.15. The molecule has 1 amide bonds. The highest BCUT2D eigenvalue weighted by molar-refractivity contribution is 7.89. The van der Waals surface area contributed by atoms with Gasteiger partial charge in [0.2, 0.25) is 10.0 Å². The summed E-state index contributed by atoms with van der Waals surface area (Å²) in [6.07, 6.45) is 1.40. The Labute approximate surface area is 154 Å². The number of nitrogens with zero attached hydrogens (tertiary/aromatic N) is 1. The number of hydrogen-bond donors (Lipinski definition) is 2. The largest absolute Gasteiger partial charge is 0.493 e. The molecule has 0 spiro atoms. The van der Waals surface area contributed by atoms with E-state index in [4.69, 9.17) is 4.74 Å². The normalized spacial score (nSPS) is 11.6. The number of carbonyl (C=O) groups excluding carboxylic acids is 1. The van der Waals surface area contributed by atoms with E-state index in [0.29, 0.717) is 19.1 Å². The van der Waals surface area contributed by atoms with Crippen LogP contribution in [0.2, 0.25) is 0 Å². The smallest absolute Gasteiger partial charge is 0.268 e. The zero-order chi connectivity index (χ0) is 19.3. The van der Waals surface area contributed by atoms with Gasteiger partial charge in [-0.2, -0.15) is 0 Å². The molecular weight excluding hydrogens is 354 g/mol. The van der Waals surface area contributed by atoms with Crippen LogP contribution in [0.15, 0.2) is 41.4 Å². The maximum Gasteiger partial charge on any atom is 0.268 e. The first-order valence-corrected chi connectivity index (χ1v) is 9.81. The Bertz CT molecular complexity index is 855. The standard InChI is InChI=1S/C18H25N3O4S/c1-13(2)12-25-15-7-5-14(6-8-15)10-20-18(22)17-9-16(11-21(17)4)26(23,24)19-3/h5-9,11,13,19H,10,12H2,1-4H3,(H,20,22). The SMILES string of the molecule is CNS(=O)(=O)c1cc(C(=O)NCc2ccc(OCC(C)C)cc2)n(C)c1. The van der Waals surface area contributed by atoms with Crippen molar-refractivity contribution in [2.24, 2.45) is 13.0 Å². The summed E-state index contributed by atoms with van der Waals surface area (Å²) >= 11 is 0. The van der Waals surface area contributed by atoms with Crippen molar-refractivity contribution in [1.29, 1.82) is 0 Å². The predicted octanol–water partition coefficient (Wildman–Crippen LogP) is 1.90. The molecule has 2 N–H and O–H groups in total. The molecule has 0 aliphatic carbocycles. The molecule has 1 aromatic heterocycles. The van der Waals surface area contributed by atoms with Gasteiger partial charge in [-0.15, -0.1) is 0 Å². The fourth-order valence-electron chi connectivity index (χ4n) is 2.26. The molecule has 2 rings (SSSR count). The van der Waals surface area contributed by atoms with Crippen molar-refractivity contribution in [2.45, 2.75) is 25.3 Å². The molecule has 0 aliphatic heterocycles. The Morgan fingerprint density at radius 3 is 2.46 bits per heavy atom. The van der Waals surface area contributed by atoms with Crippen LogP contribution >= 0.6 is 0 Å². The van der Waals surface area contributed by atoms with Crippen molar-refractivity contribution in [3.8, 4) is 5.75 Å². The lowest BCUT2D eigenvalue weighted by Gasteiger charge is -2.10. The van der Waals surface area contributed by atoms with Gasteiger partial charge in [0, 0.05) is 19.8 Å². The molecule has 0 saturated carbocycles. The maximum atomic E-state index is 12.3. The second kappa shape index (κ2) is 8.37. The Morgan fingerprint density at radius 1 is 1.23 bits per heavy atom. The third-order valence-electron chi connectivity index (χ3n) is 3.75. The number of benzene rings is 1. The molecular formula is C18H25N3O4S. The molecule has 0 unspecified atom stereocenters. The van der Waals surface area contributed by atoms with E-state index in [-0.39, 0.29) is 16.5 Å². The van der Waals surface area contributed by atoms with Gasteiger partial charge in [-0.1, -0.05) is 26.0 Å². The molecule has 142 valence electrons. The lowest BCUT2D eigenvalue weighted by molar-refractivity contribution is 0.0942. The van der Waals surface area contributed by atoms with Gasteiger partial charge in [0.15, 0.2) is 0 Å². The fourth-order valence-corrected chi connectivity index (χ4v) is 3.06. The van der Waals surface area contributed by atoms with Gasteiger partial charge in [-0.3, -0.25) is 4.79 Å². The Hall–Kier alpha value is -2.32. The van der Waals surface area contributed by atoms with Gasteiger partial charge in [0.25, 0.3) is 5.91 Å². The summed E-state index contributed by atoms with van der Waals surface area (Å²) in [6.45, 7) is 5.16. The van der Waals surface area contributed by atoms with E-state index in [1.807, 2.05) is 24.3 Å². The van der Waals surface area contributed by atoms with Crippen molar-refractivity contribution in [3.05, 3.63) is 47.8 Å². The zero-order valence-electron chi connectivity index (χ0n) is 15.4. The summed E-state index contributed by atoms with van der Waals surface area (Å²) in [5.41, 5.74) is 1.20. The molecule has 2 aromatic rings. The van der Waals surface area contributed by atoms with Gasteiger partial charge in [-0.05, 0) is 36.7 Å². The van der Waals surface area contributed by atoms with Crippen LogP contribution in [0.25, 0.3) is 0 Å². The first kappa shape index (κ1) is 20.0. The second-order valence-corrected chi connectivity index (χ2v) is 8.30. The predicted molar refractivity (Wildman–Crippen MR) is 99.6 cm³/mol. The van der Waals surface area contributed by atoms with E-state index in [1.54, 1.807) is 7.05 Å². The monoisotopic (exact) mass is 379 g/mol. The molecule has 0 saturated heterocycles. The van der Waals surface area contributed by atoms with Crippen LogP contribution in [0.4, 0.5) is 0 Å². The van der Waals surface area contributed by atoms with Crippen LogP contribution < -0.4 is 14.8 Å². The van der Waals surface area contributed by atoms with Crippen molar-refractivity contribution >= 4 is 15.9 Å². The molecule has 0 radical (unpaired) electrons. The average Bonchev–Trinajstić information content (AvgIpc) is 3.01. The maximum absolute atomic E-state index is 12.3. The lowest BCUT2D eigenvalue weighted by atomic mass is 10.2. The highest BCUT2D eigenvalue weighted by atomic mass is 32.2. The summed E-state index contributed by atoms with van der Waals surface area (Å²) in [6, 6.07) is 8.85. The van der Waals surface area contributed by atoms with Crippen molar-refractivity contribution in [1.82, 2.24) is 14.6 Å². The number of nitrogens with one attached hydrogen (secondary N) is 2. The van der Waals surface area contributed by atoms with Crippen LogP contribution in [0.3, 0.4) is 0 Å². The van der Waals surface area contributed by atoms with Crippen LogP contribution in [0.1, 0.15) is 29.9 Å². The van der Waals surface area contributed by atoms with E-state index in [1.165, 1.54) is 23.9 Å². The van der Waals surface area contributed by atoms with Gasteiger partial charge in [-0.25, -0.2) is 13.1 Å². The Balaban J connectivity index is 1.98. The van der Waals surface area contributed by atoms with Crippen molar-refractivity contribution < 1.29 is 17.9 Å². The minimum absolute atomic E-state index is 0.0549. The lowest BCUT2D eigenvalue weighted by Crippen LogP contribution is -2.24. The molecule has 7 nitrogen and oxygen atoms in total. The highest BCUT2D eigenvalue weighted by Gasteiger charge is 2.18. The summed E-state index contributed by atoms with van der Waals surface area (Å²) < 4.78 is 33.0. The number of sulfonamides is 1. The van der Waals surface area contributed by atoms with Crippen molar-refractivity contribution in [3.63, 3.8) is 0 Å². The molecule has 1 heterocycles. The van der Waals surface area contributed by atoms with E-state index >= 15 is 0 Å².